The van der Waals surface area contributed by atoms with Crippen molar-refractivity contribution in [2.24, 2.45) is 0 Å². The Hall–Kier alpha value is -1.22. The molecular weight excluding hydrogens is 212 g/mol. The highest BCUT2D eigenvalue weighted by molar-refractivity contribution is 5.50. The molecule has 94 valence electrons. The highest BCUT2D eigenvalue weighted by Gasteiger charge is 2.13. The van der Waals surface area contributed by atoms with Crippen LogP contribution in [0.1, 0.15) is 20.3 Å². The van der Waals surface area contributed by atoms with Gasteiger partial charge in [-0.1, -0.05) is 6.07 Å². The Morgan fingerprint density at radius 1 is 1.41 bits per heavy atom. The smallest absolute Gasteiger partial charge is 0.121 e. The molecule has 1 unspecified atom stereocenters. The predicted molar refractivity (Wildman–Crippen MR) is 71.9 cm³/mol. The molecule has 1 aliphatic heterocycles. The minimum absolute atomic E-state index is 0.620. The van der Waals surface area contributed by atoms with Crippen molar-refractivity contribution in [3.05, 3.63) is 24.3 Å². The minimum Gasteiger partial charge on any atom is -0.494 e. The first-order valence-electron chi connectivity index (χ1n) is 6.51. The molecule has 1 aromatic rings. The Balaban J connectivity index is 2.07. The molecule has 1 saturated heterocycles. The van der Waals surface area contributed by atoms with E-state index in [1.165, 1.54) is 12.1 Å². The van der Waals surface area contributed by atoms with Gasteiger partial charge in [0.05, 0.1) is 6.61 Å². The lowest BCUT2D eigenvalue weighted by Gasteiger charge is -2.22. The average molecular weight is 234 g/mol. The van der Waals surface area contributed by atoms with Crippen LogP contribution in [0.3, 0.4) is 0 Å². The van der Waals surface area contributed by atoms with E-state index in [0.29, 0.717) is 6.04 Å². The van der Waals surface area contributed by atoms with Gasteiger partial charge in [-0.05, 0) is 32.4 Å². The van der Waals surface area contributed by atoms with Crippen LogP contribution < -0.4 is 15.0 Å². The monoisotopic (exact) mass is 234 g/mol. The van der Waals surface area contributed by atoms with Crippen molar-refractivity contribution >= 4 is 5.69 Å². The Kier molecular flexibility index (Phi) is 4.26. The first kappa shape index (κ1) is 12.2. The molecule has 3 heteroatoms. The Morgan fingerprint density at radius 3 is 3.12 bits per heavy atom. The van der Waals surface area contributed by atoms with Gasteiger partial charge in [0, 0.05) is 37.4 Å². The fourth-order valence-electron chi connectivity index (χ4n) is 2.20. The number of anilines is 1. The molecule has 17 heavy (non-hydrogen) atoms. The lowest BCUT2D eigenvalue weighted by molar-refractivity contribution is 0.340. The number of rotatable bonds is 3. The molecule has 0 radical (unpaired) electrons. The summed E-state index contributed by atoms with van der Waals surface area (Å²) < 4.78 is 5.55. The van der Waals surface area contributed by atoms with Crippen molar-refractivity contribution in [1.82, 2.24) is 5.32 Å². The quantitative estimate of drug-likeness (QED) is 0.868. The van der Waals surface area contributed by atoms with Crippen LogP contribution in [0.5, 0.6) is 5.75 Å². The van der Waals surface area contributed by atoms with Gasteiger partial charge in [-0.3, -0.25) is 0 Å². The summed E-state index contributed by atoms with van der Waals surface area (Å²) in [6.45, 7) is 8.23. The summed E-state index contributed by atoms with van der Waals surface area (Å²) in [6.07, 6.45) is 1.19. The second-order valence-electron chi connectivity index (χ2n) is 4.56. The van der Waals surface area contributed by atoms with Gasteiger partial charge in [0.1, 0.15) is 5.75 Å². The van der Waals surface area contributed by atoms with Crippen molar-refractivity contribution in [1.29, 1.82) is 0 Å². The first-order valence-corrected chi connectivity index (χ1v) is 6.51. The molecule has 1 atom stereocenters. The van der Waals surface area contributed by atoms with E-state index >= 15 is 0 Å². The molecule has 0 saturated carbocycles. The number of nitrogens with zero attached hydrogens (tertiary/aromatic N) is 1. The molecule has 0 bridgehead atoms. The summed E-state index contributed by atoms with van der Waals surface area (Å²) in [5.74, 6) is 0.968. The SMILES string of the molecule is CCOc1cccc(N2CCNC(C)CC2)c1. The minimum atomic E-state index is 0.620. The van der Waals surface area contributed by atoms with E-state index in [1.54, 1.807) is 0 Å². The van der Waals surface area contributed by atoms with E-state index in [0.717, 1.165) is 32.0 Å². The van der Waals surface area contributed by atoms with Crippen LogP contribution in [0.4, 0.5) is 5.69 Å². The zero-order valence-electron chi connectivity index (χ0n) is 10.8. The lowest BCUT2D eigenvalue weighted by Crippen LogP contribution is -2.28. The van der Waals surface area contributed by atoms with Crippen LogP contribution in [0.15, 0.2) is 24.3 Å². The van der Waals surface area contributed by atoms with Crippen LogP contribution >= 0.6 is 0 Å². The molecule has 1 aromatic carbocycles. The maximum Gasteiger partial charge on any atom is 0.121 e. The molecule has 0 amide bonds. The van der Waals surface area contributed by atoms with Gasteiger partial charge in [0.2, 0.25) is 0 Å². The van der Waals surface area contributed by atoms with Gasteiger partial charge in [-0.2, -0.15) is 0 Å². The molecule has 1 aliphatic rings. The zero-order chi connectivity index (χ0) is 12.1. The van der Waals surface area contributed by atoms with Gasteiger partial charge in [-0.15, -0.1) is 0 Å². The van der Waals surface area contributed by atoms with E-state index in [1.807, 2.05) is 13.0 Å². The standard InChI is InChI=1S/C14H22N2O/c1-3-17-14-6-4-5-13(11-14)16-9-7-12(2)15-8-10-16/h4-6,11-12,15H,3,7-10H2,1-2H3. The van der Waals surface area contributed by atoms with Crippen LogP contribution in [0, 0.1) is 0 Å². The second kappa shape index (κ2) is 5.92. The van der Waals surface area contributed by atoms with Crippen LogP contribution in [0.2, 0.25) is 0 Å². The number of hydrogen-bond donors (Lipinski definition) is 1. The van der Waals surface area contributed by atoms with Gasteiger partial charge in [0.15, 0.2) is 0 Å². The van der Waals surface area contributed by atoms with E-state index in [4.69, 9.17) is 4.74 Å². The molecule has 1 heterocycles. The highest BCUT2D eigenvalue weighted by Crippen LogP contribution is 2.22. The van der Waals surface area contributed by atoms with Gasteiger partial charge >= 0.3 is 0 Å². The maximum atomic E-state index is 5.55. The zero-order valence-corrected chi connectivity index (χ0v) is 10.8. The number of nitrogens with one attached hydrogen (secondary N) is 1. The molecule has 0 aliphatic carbocycles. The third kappa shape index (κ3) is 3.37. The molecule has 3 nitrogen and oxygen atoms in total. The van der Waals surface area contributed by atoms with E-state index in [9.17, 15) is 0 Å². The number of benzene rings is 1. The molecular formula is C14H22N2O. The van der Waals surface area contributed by atoms with Gasteiger partial charge in [0.25, 0.3) is 0 Å². The van der Waals surface area contributed by atoms with Crippen LogP contribution in [-0.4, -0.2) is 32.3 Å². The van der Waals surface area contributed by atoms with Crippen molar-refractivity contribution < 1.29 is 4.74 Å². The van der Waals surface area contributed by atoms with Crippen molar-refractivity contribution in [3.63, 3.8) is 0 Å². The molecule has 1 N–H and O–H groups in total. The van der Waals surface area contributed by atoms with E-state index in [-0.39, 0.29) is 0 Å². The number of ether oxygens (including phenoxy) is 1. The summed E-state index contributed by atoms with van der Waals surface area (Å²) in [6, 6.07) is 9.02. The summed E-state index contributed by atoms with van der Waals surface area (Å²) in [4.78, 5) is 2.43. The summed E-state index contributed by atoms with van der Waals surface area (Å²) in [7, 11) is 0. The summed E-state index contributed by atoms with van der Waals surface area (Å²) >= 11 is 0. The maximum absolute atomic E-state index is 5.55. The predicted octanol–water partition coefficient (Wildman–Crippen LogP) is 2.27. The number of hydrogen-bond acceptors (Lipinski definition) is 3. The lowest BCUT2D eigenvalue weighted by atomic mass is 10.2. The molecule has 2 rings (SSSR count). The Labute approximate surface area is 104 Å². The molecule has 0 aromatic heterocycles. The van der Waals surface area contributed by atoms with Crippen molar-refractivity contribution in [2.75, 3.05) is 31.1 Å². The fraction of sp³-hybridized carbons (Fsp3) is 0.571. The summed E-state index contributed by atoms with van der Waals surface area (Å²) in [5.41, 5.74) is 1.27. The Morgan fingerprint density at radius 2 is 2.29 bits per heavy atom. The second-order valence-corrected chi connectivity index (χ2v) is 4.56. The third-order valence-corrected chi connectivity index (χ3v) is 3.20. The summed E-state index contributed by atoms with van der Waals surface area (Å²) in [5, 5.41) is 3.51. The van der Waals surface area contributed by atoms with E-state index < -0.39 is 0 Å². The van der Waals surface area contributed by atoms with Crippen molar-refractivity contribution in [3.8, 4) is 5.75 Å². The first-order chi connectivity index (χ1) is 8.29. The fourth-order valence-corrected chi connectivity index (χ4v) is 2.20. The van der Waals surface area contributed by atoms with Crippen LogP contribution in [-0.2, 0) is 0 Å². The highest BCUT2D eigenvalue weighted by atomic mass is 16.5. The van der Waals surface area contributed by atoms with Crippen molar-refractivity contribution in [2.45, 2.75) is 26.3 Å². The molecule has 1 fully saturated rings. The van der Waals surface area contributed by atoms with E-state index in [2.05, 4.69) is 35.3 Å². The third-order valence-electron chi connectivity index (χ3n) is 3.20. The average Bonchev–Trinajstić information content (AvgIpc) is 2.55. The van der Waals surface area contributed by atoms with Gasteiger partial charge < -0.3 is 15.0 Å². The largest absolute Gasteiger partial charge is 0.494 e. The normalized spacial score (nSPS) is 21.1. The van der Waals surface area contributed by atoms with Gasteiger partial charge in [-0.25, -0.2) is 0 Å². The topological polar surface area (TPSA) is 24.5 Å². The molecule has 0 spiro atoms. The van der Waals surface area contributed by atoms with Crippen LogP contribution in [0.25, 0.3) is 0 Å². The Bertz CT molecular complexity index is 354.